The average molecular weight is 397 g/mol. The lowest BCUT2D eigenvalue weighted by Crippen LogP contribution is -2.31. The molecule has 0 bridgehead atoms. The summed E-state index contributed by atoms with van der Waals surface area (Å²) >= 11 is 1.13. The van der Waals surface area contributed by atoms with Crippen LogP contribution < -0.4 is 4.90 Å². The Morgan fingerprint density at radius 3 is 2.79 bits per heavy atom. The standard InChI is InChI=1S/C18H11N3O6S/c22-15(12-5-2-7-27-12)13-14(10-3-1-4-11(9-10)21(25)26)20(17(24)16(13)23)18-19-6-8-28-18/h1-9,14,23H. The summed E-state index contributed by atoms with van der Waals surface area (Å²) in [6.07, 6.45) is 2.77. The number of thiazole rings is 1. The Morgan fingerprint density at radius 2 is 2.14 bits per heavy atom. The lowest BCUT2D eigenvalue weighted by molar-refractivity contribution is -0.384. The molecule has 1 N–H and O–H groups in total. The van der Waals surface area contributed by atoms with Crippen LogP contribution in [0, 0.1) is 10.1 Å². The van der Waals surface area contributed by atoms with Crippen LogP contribution in [0.3, 0.4) is 0 Å². The number of Topliss-reactive ketones (excluding diaryl/α,β-unsaturated/α-hetero) is 1. The van der Waals surface area contributed by atoms with Gasteiger partial charge in [0, 0.05) is 23.7 Å². The van der Waals surface area contributed by atoms with Crippen molar-refractivity contribution in [2.75, 3.05) is 4.90 Å². The molecule has 140 valence electrons. The van der Waals surface area contributed by atoms with Crippen LogP contribution in [0.5, 0.6) is 0 Å². The number of hydrogen-bond acceptors (Lipinski definition) is 8. The Bertz CT molecular complexity index is 1100. The summed E-state index contributed by atoms with van der Waals surface area (Å²) in [5.74, 6) is -2.31. The molecule has 3 heterocycles. The minimum absolute atomic E-state index is 0.0641. The molecule has 1 atom stereocenters. The summed E-state index contributed by atoms with van der Waals surface area (Å²) in [5, 5.41) is 23.5. The number of hydrogen-bond donors (Lipinski definition) is 1. The van der Waals surface area contributed by atoms with Crippen LogP contribution in [0.4, 0.5) is 10.8 Å². The van der Waals surface area contributed by atoms with Crippen molar-refractivity contribution in [2.45, 2.75) is 6.04 Å². The van der Waals surface area contributed by atoms with Gasteiger partial charge in [-0.1, -0.05) is 12.1 Å². The molecule has 2 aromatic heterocycles. The first kappa shape index (κ1) is 17.6. The zero-order valence-electron chi connectivity index (χ0n) is 14.0. The van der Waals surface area contributed by atoms with E-state index in [9.17, 15) is 24.8 Å². The van der Waals surface area contributed by atoms with Gasteiger partial charge in [0.25, 0.3) is 11.6 Å². The first-order valence-corrected chi connectivity index (χ1v) is 8.85. The largest absolute Gasteiger partial charge is 0.503 e. The minimum Gasteiger partial charge on any atom is -0.503 e. The Kier molecular flexibility index (Phi) is 4.24. The molecule has 1 aromatic carbocycles. The van der Waals surface area contributed by atoms with Crippen molar-refractivity contribution in [1.82, 2.24) is 4.98 Å². The maximum absolute atomic E-state index is 12.9. The normalized spacial score (nSPS) is 16.6. The monoisotopic (exact) mass is 397 g/mol. The zero-order chi connectivity index (χ0) is 19.8. The van der Waals surface area contributed by atoms with E-state index < -0.39 is 28.4 Å². The fraction of sp³-hybridized carbons (Fsp3) is 0.0556. The molecule has 4 rings (SSSR count). The SMILES string of the molecule is O=C(C1=C(O)C(=O)N(c2nccs2)C1c1cccc([N+](=O)[O-])c1)c1ccco1. The lowest BCUT2D eigenvalue weighted by Gasteiger charge is -2.24. The molecule has 3 aromatic rings. The second-order valence-corrected chi connectivity index (χ2v) is 6.69. The number of benzene rings is 1. The van der Waals surface area contributed by atoms with Crippen LogP contribution >= 0.6 is 11.3 Å². The van der Waals surface area contributed by atoms with E-state index in [0.717, 1.165) is 16.2 Å². The number of aromatic nitrogens is 1. The van der Waals surface area contributed by atoms with E-state index in [2.05, 4.69) is 4.98 Å². The summed E-state index contributed by atoms with van der Waals surface area (Å²) < 4.78 is 5.12. The molecule has 1 aliphatic heterocycles. The number of nitro benzene ring substituents is 1. The van der Waals surface area contributed by atoms with Gasteiger partial charge in [-0.15, -0.1) is 11.3 Å². The van der Waals surface area contributed by atoms with Crippen molar-refractivity contribution in [1.29, 1.82) is 0 Å². The van der Waals surface area contributed by atoms with Gasteiger partial charge in [0.1, 0.15) is 0 Å². The summed E-state index contributed by atoms with van der Waals surface area (Å²) in [4.78, 5) is 41.5. The fourth-order valence-electron chi connectivity index (χ4n) is 3.03. The lowest BCUT2D eigenvalue weighted by atomic mass is 9.95. The number of ketones is 1. The number of carbonyl (C=O) groups is 2. The molecule has 0 fully saturated rings. The van der Waals surface area contributed by atoms with E-state index in [0.29, 0.717) is 0 Å². The van der Waals surface area contributed by atoms with Crippen LogP contribution in [0.15, 0.2) is 70.0 Å². The van der Waals surface area contributed by atoms with Crippen molar-refractivity contribution in [3.05, 3.63) is 87.0 Å². The van der Waals surface area contributed by atoms with E-state index in [1.807, 2.05) is 0 Å². The molecule has 9 nitrogen and oxygen atoms in total. The number of aliphatic hydroxyl groups excluding tert-OH is 1. The Morgan fingerprint density at radius 1 is 1.32 bits per heavy atom. The number of carbonyl (C=O) groups excluding carboxylic acids is 2. The first-order valence-electron chi connectivity index (χ1n) is 7.97. The summed E-state index contributed by atoms with van der Waals surface area (Å²) in [6, 6.07) is 7.36. The van der Waals surface area contributed by atoms with Gasteiger partial charge >= 0.3 is 0 Å². The van der Waals surface area contributed by atoms with Crippen LogP contribution in [-0.4, -0.2) is 26.7 Å². The number of furan rings is 1. The molecule has 10 heteroatoms. The van der Waals surface area contributed by atoms with Crippen molar-refractivity contribution >= 4 is 33.8 Å². The highest BCUT2D eigenvalue weighted by Gasteiger charge is 2.46. The fourth-order valence-corrected chi connectivity index (χ4v) is 3.70. The number of non-ortho nitro benzene ring substituents is 1. The summed E-state index contributed by atoms with van der Waals surface area (Å²) in [7, 11) is 0. The third-order valence-electron chi connectivity index (χ3n) is 4.22. The maximum atomic E-state index is 12.9. The van der Waals surface area contributed by atoms with E-state index in [1.165, 1.54) is 42.8 Å². The predicted octanol–water partition coefficient (Wildman–Crippen LogP) is 3.43. The van der Waals surface area contributed by atoms with Crippen LogP contribution in [0.2, 0.25) is 0 Å². The van der Waals surface area contributed by atoms with Crippen molar-refractivity contribution in [3.63, 3.8) is 0 Å². The second-order valence-electron chi connectivity index (χ2n) is 5.81. The highest BCUT2D eigenvalue weighted by Crippen LogP contribution is 2.43. The van der Waals surface area contributed by atoms with E-state index >= 15 is 0 Å². The van der Waals surface area contributed by atoms with E-state index in [1.54, 1.807) is 11.4 Å². The van der Waals surface area contributed by atoms with Gasteiger partial charge in [0.2, 0.25) is 5.78 Å². The molecule has 0 saturated heterocycles. The van der Waals surface area contributed by atoms with Crippen LogP contribution in [0.1, 0.15) is 22.2 Å². The molecule has 28 heavy (non-hydrogen) atoms. The molecule has 1 amide bonds. The number of aliphatic hydroxyl groups is 1. The first-order chi connectivity index (χ1) is 13.5. The Hall–Kier alpha value is -3.79. The molecular formula is C18H11N3O6S. The van der Waals surface area contributed by atoms with E-state index in [4.69, 9.17) is 4.42 Å². The van der Waals surface area contributed by atoms with Crippen molar-refractivity contribution in [3.8, 4) is 0 Å². The van der Waals surface area contributed by atoms with Gasteiger partial charge in [0.05, 0.1) is 22.8 Å². The number of amides is 1. The van der Waals surface area contributed by atoms with Gasteiger partial charge < -0.3 is 9.52 Å². The van der Waals surface area contributed by atoms with Crippen molar-refractivity contribution < 1.29 is 24.0 Å². The van der Waals surface area contributed by atoms with Gasteiger partial charge in [-0.05, 0) is 17.7 Å². The molecule has 1 unspecified atom stereocenters. The predicted molar refractivity (Wildman–Crippen MR) is 98.1 cm³/mol. The molecule has 0 spiro atoms. The number of rotatable bonds is 5. The van der Waals surface area contributed by atoms with Gasteiger partial charge in [-0.25, -0.2) is 4.98 Å². The highest BCUT2D eigenvalue weighted by atomic mass is 32.1. The highest BCUT2D eigenvalue weighted by molar-refractivity contribution is 7.13. The van der Waals surface area contributed by atoms with Gasteiger partial charge in [0.15, 0.2) is 16.7 Å². The Balaban J connectivity index is 1.90. The van der Waals surface area contributed by atoms with Crippen molar-refractivity contribution in [2.24, 2.45) is 0 Å². The Labute approximate surface area is 161 Å². The zero-order valence-corrected chi connectivity index (χ0v) is 14.8. The smallest absolute Gasteiger partial charge is 0.296 e. The third kappa shape index (κ3) is 2.76. The van der Waals surface area contributed by atoms with Gasteiger partial charge in [-0.2, -0.15) is 0 Å². The molecular weight excluding hydrogens is 386 g/mol. The quantitative estimate of drug-likeness (QED) is 0.397. The number of nitrogens with zero attached hydrogens (tertiary/aromatic N) is 3. The molecule has 0 radical (unpaired) electrons. The topological polar surface area (TPSA) is 127 Å². The van der Waals surface area contributed by atoms with Gasteiger partial charge in [-0.3, -0.25) is 24.6 Å². The number of nitro groups is 1. The third-order valence-corrected chi connectivity index (χ3v) is 4.99. The second kappa shape index (κ2) is 6.74. The molecule has 1 aliphatic rings. The average Bonchev–Trinajstić information content (AvgIpc) is 3.43. The number of anilines is 1. The summed E-state index contributed by atoms with van der Waals surface area (Å²) in [6.45, 7) is 0. The molecule has 0 aliphatic carbocycles. The van der Waals surface area contributed by atoms with Crippen LogP contribution in [-0.2, 0) is 4.79 Å². The maximum Gasteiger partial charge on any atom is 0.296 e. The summed E-state index contributed by atoms with van der Waals surface area (Å²) in [5.41, 5.74) is -0.146. The molecule has 0 saturated carbocycles. The van der Waals surface area contributed by atoms with Crippen LogP contribution in [0.25, 0.3) is 0 Å². The van der Waals surface area contributed by atoms with E-state index in [-0.39, 0.29) is 27.7 Å². The minimum atomic E-state index is -1.09.